The summed E-state index contributed by atoms with van der Waals surface area (Å²) in [7, 11) is -1.15. The first-order chi connectivity index (χ1) is 14.0. The van der Waals surface area contributed by atoms with Gasteiger partial charge < -0.3 is 19.5 Å². The third-order valence-electron chi connectivity index (χ3n) is 3.66. The maximum absolute atomic E-state index is 12.4. The number of amides is 1. The molecule has 0 heterocycles. The predicted molar refractivity (Wildman–Crippen MR) is 101 cm³/mol. The molecular weight excluding hydrogens is 429 g/mol. The van der Waals surface area contributed by atoms with Crippen LogP contribution in [0.1, 0.15) is 6.42 Å². The molecule has 1 amide bonds. The fourth-order valence-corrected chi connectivity index (χ4v) is 3.41. The molecule has 30 heavy (non-hydrogen) atoms. The van der Waals surface area contributed by atoms with Crippen molar-refractivity contribution in [2.45, 2.75) is 17.7 Å². The molecule has 2 rings (SSSR count). The Morgan fingerprint density at radius 2 is 1.73 bits per heavy atom. The average Bonchev–Trinajstić information content (AvgIpc) is 2.66. The van der Waals surface area contributed by atoms with Gasteiger partial charge in [-0.1, -0.05) is 6.07 Å². The number of carbonyl (C=O) groups excluding carboxylic acids is 1. The van der Waals surface area contributed by atoms with E-state index in [4.69, 9.17) is 9.47 Å². The van der Waals surface area contributed by atoms with Crippen LogP contribution in [0.15, 0.2) is 47.4 Å². The lowest BCUT2D eigenvalue weighted by Crippen LogP contribution is -2.28. The first-order valence-corrected chi connectivity index (χ1v) is 9.90. The molecule has 0 aliphatic rings. The standard InChI is InChI=1S/C18H19F3N2O6S/c1-27-15-7-6-14(11-16(15)28-2)30(25,26)22-9-8-17(24)23-12-4-3-5-13(10-12)29-18(19,20)21/h3-7,10-11,22H,8-9H2,1-2H3,(H,23,24). The van der Waals surface area contributed by atoms with E-state index in [1.165, 1.54) is 44.6 Å². The van der Waals surface area contributed by atoms with E-state index in [1.807, 2.05) is 0 Å². The highest BCUT2D eigenvalue weighted by Gasteiger charge is 2.31. The third kappa shape index (κ3) is 6.81. The Bertz CT molecular complexity index is 996. The minimum absolute atomic E-state index is 0.0736. The second-order valence-electron chi connectivity index (χ2n) is 5.79. The van der Waals surface area contributed by atoms with Crippen LogP contribution in [-0.4, -0.2) is 41.5 Å². The Morgan fingerprint density at radius 3 is 2.37 bits per heavy atom. The number of ether oxygens (including phenoxy) is 3. The lowest BCUT2D eigenvalue weighted by Gasteiger charge is -2.12. The molecule has 0 spiro atoms. The normalized spacial score (nSPS) is 11.6. The summed E-state index contributed by atoms with van der Waals surface area (Å²) in [6.07, 6.45) is -5.11. The zero-order valence-corrected chi connectivity index (χ0v) is 16.8. The van der Waals surface area contributed by atoms with E-state index in [0.717, 1.165) is 12.1 Å². The maximum Gasteiger partial charge on any atom is 0.573 e. The highest BCUT2D eigenvalue weighted by Crippen LogP contribution is 2.29. The smallest absolute Gasteiger partial charge is 0.493 e. The van der Waals surface area contributed by atoms with Gasteiger partial charge in [-0.25, -0.2) is 13.1 Å². The molecule has 0 bridgehead atoms. The summed E-state index contributed by atoms with van der Waals surface area (Å²) < 4.78 is 77.6. The Balaban J connectivity index is 1.93. The molecule has 0 aliphatic heterocycles. The zero-order valence-electron chi connectivity index (χ0n) is 15.9. The van der Waals surface area contributed by atoms with Gasteiger partial charge in [-0.15, -0.1) is 13.2 Å². The Labute approximate surface area is 171 Å². The maximum atomic E-state index is 12.4. The molecule has 0 radical (unpaired) electrons. The van der Waals surface area contributed by atoms with Gasteiger partial charge in [0.1, 0.15) is 5.75 Å². The van der Waals surface area contributed by atoms with Gasteiger partial charge in [-0.2, -0.15) is 0 Å². The van der Waals surface area contributed by atoms with Crippen LogP contribution in [0.3, 0.4) is 0 Å². The van der Waals surface area contributed by atoms with Crippen LogP contribution in [-0.2, 0) is 14.8 Å². The molecule has 8 nitrogen and oxygen atoms in total. The lowest BCUT2D eigenvalue weighted by molar-refractivity contribution is -0.274. The Kier molecular flexibility index (Phi) is 7.51. The van der Waals surface area contributed by atoms with Crippen LogP contribution >= 0.6 is 0 Å². The molecule has 0 aliphatic carbocycles. The van der Waals surface area contributed by atoms with E-state index < -0.39 is 28.0 Å². The number of carbonyl (C=O) groups is 1. The molecule has 2 aromatic rings. The fourth-order valence-electron chi connectivity index (χ4n) is 2.36. The number of alkyl halides is 3. The Hall–Kier alpha value is -2.99. The topological polar surface area (TPSA) is 103 Å². The number of sulfonamides is 1. The average molecular weight is 448 g/mol. The minimum Gasteiger partial charge on any atom is -0.493 e. The summed E-state index contributed by atoms with van der Waals surface area (Å²) >= 11 is 0. The van der Waals surface area contributed by atoms with Crippen molar-refractivity contribution < 1.29 is 40.6 Å². The van der Waals surface area contributed by atoms with Gasteiger partial charge in [-0.05, 0) is 24.3 Å². The number of halogens is 3. The lowest BCUT2D eigenvalue weighted by atomic mass is 10.3. The third-order valence-corrected chi connectivity index (χ3v) is 5.12. The highest BCUT2D eigenvalue weighted by molar-refractivity contribution is 7.89. The number of anilines is 1. The molecular formula is C18H19F3N2O6S. The molecule has 0 aromatic heterocycles. The zero-order chi connectivity index (χ0) is 22.4. The van der Waals surface area contributed by atoms with Gasteiger partial charge in [0.15, 0.2) is 11.5 Å². The van der Waals surface area contributed by atoms with Crippen molar-refractivity contribution >= 4 is 21.6 Å². The van der Waals surface area contributed by atoms with E-state index in [0.29, 0.717) is 5.75 Å². The van der Waals surface area contributed by atoms with Crippen molar-refractivity contribution in [2.75, 3.05) is 26.1 Å². The molecule has 0 fully saturated rings. The van der Waals surface area contributed by atoms with Gasteiger partial charge in [0, 0.05) is 30.8 Å². The summed E-state index contributed by atoms with van der Waals surface area (Å²) in [6.45, 7) is -0.235. The van der Waals surface area contributed by atoms with Crippen LogP contribution in [0.2, 0.25) is 0 Å². The molecule has 0 saturated heterocycles. The van der Waals surface area contributed by atoms with Crippen LogP contribution < -0.4 is 24.2 Å². The number of nitrogens with one attached hydrogen (secondary N) is 2. The fraction of sp³-hybridized carbons (Fsp3) is 0.278. The monoisotopic (exact) mass is 448 g/mol. The van der Waals surface area contributed by atoms with Crippen molar-refractivity contribution in [3.05, 3.63) is 42.5 Å². The van der Waals surface area contributed by atoms with Crippen molar-refractivity contribution in [1.82, 2.24) is 4.72 Å². The summed E-state index contributed by atoms with van der Waals surface area (Å²) in [5.41, 5.74) is 0.0736. The summed E-state index contributed by atoms with van der Waals surface area (Å²) in [6, 6.07) is 8.74. The van der Waals surface area contributed by atoms with Crippen LogP contribution in [0, 0.1) is 0 Å². The summed E-state index contributed by atoms with van der Waals surface area (Å²) in [5.74, 6) is -0.518. The minimum atomic E-state index is -4.86. The molecule has 0 atom stereocenters. The second kappa shape index (κ2) is 9.67. The number of benzene rings is 2. The van der Waals surface area contributed by atoms with Crippen molar-refractivity contribution in [3.63, 3.8) is 0 Å². The largest absolute Gasteiger partial charge is 0.573 e. The highest BCUT2D eigenvalue weighted by atomic mass is 32.2. The van der Waals surface area contributed by atoms with E-state index in [-0.39, 0.29) is 29.3 Å². The second-order valence-corrected chi connectivity index (χ2v) is 7.56. The summed E-state index contributed by atoms with van der Waals surface area (Å²) in [4.78, 5) is 11.9. The van der Waals surface area contributed by atoms with Crippen LogP contribution in [0.4, 0.5) is 18.9 Å². The van der Waals surface area contributed by atoms with Gasteiger partial charge in [0.25, 0.3) is 0 Å². The van der Waals surface area contributed by atoms with Crippen molar-refractivity contribution in [3.8, 4) is 17.2 Å². The number of hydrogen-bond acceptors (Lipinski definition) is 6. The van der Waals surface area contributed by atoms with E-state index in [2.05, 4.69) is 14.8 Å². The molecule has 0 unspecified atom stereocenters. The number of methoxy groups -OCH3 is 2. The van der Waals surface area contributed by atoms with E-state index in [1.54, 1.807) is 0 Å². The van der Waals surface area contributed by atoms with Crippen molar-refractivity contribution in [1.29, 1.82) is 0 Å². The van der Waals surface area contributed by atoms with E-state index in [9.17, 15) is 26.4 Å². The molecule has 2 aromatic carbocycles. The van der Waals surface area contributed by atoms with Crippen LogP contribution in [0.5, 0.6) is 17.2 Å². The molecule has 2 N–H and O–H groups in total. The van der Waals surface area contributed by atoms with E-state index >= 15 is 0 Å². The number of hydrogen-bond donors (Lipinski definition) is 2. The summed E-state index contributed by atoms with van der Waals surface area (Å²) in [5, 5.41) is 2.37. The Morgan fingerprint density at radius 1 is 1.03 bits per heavy atom. The van der Waals surface area contributed by atoms with Crippen LogP contribution in [0.25, 0.3) is 0 Å². The first-order valence-electron chi connectivity index (χ1n) is 8.41. The predicted octanol–water partition coefficient (Wildman–Crippen LogP) is 2.91. The van der Waals surface area contributed by atoms with Gasteiger partial charge in [0.2, 0.25) is 15.9 Å². The van der Waals surface area contributed by atoms with Gasteiger partial charge in [-0.3, -0.25) is 4.79 Å². The molecule has 12 heteroatoms. The SMILES string of the molecule is COc1ccc(S(=O)(=O)NCCC(=O)Nc2cccc(OC(F)(F)F)c2)cc1OC. The van der Waals surface area contributed by atoms with Gasteiger partial charge >= 0.3 is 6.36 Å². The quantitative estimate of drug-likeness (QED) is 0.612. The molecule has 164 valence electrons. The first kappa shape index (κ1) is 23.3. The van der Waals surface area contributed by atoms with Crippen molar-refractivity contribution in [2.24, 2.45) is 0 Å². The van der Waals surface area contributed by atoms with Gasteiger partial charge in [0.05, 0.1) is 19.1 Å². The number of rotatable bonds is 9. The molecule has 0 saturated carbocycles.